The maximum atomic E-state index is 10.9. The van der Waals surface area contributed by atoms with Crippen LogP contribution >= 0.6 is 0 Å². The van der Waals surface area contributed by atoms with E-state index in [-0.39, 0.29) is 5.57 Å². The summed E-state index contributed by atoms with van der Waals surface area (Å²) in [6.45, 7) is 0. The zero-order valence-corrected chi connectivity index (χ0v) is 9.54. The summed E-state index contributed by atoms with van der Waals surface area (Å²) >= 11 is 0. The molecule has 0 aliphatic carbocycles. The largest absolute Gasteiger partial charge is 0.478 e. The molecule has 0 atom stereocenters. The summed E-state index contributed by atoms with van der Waals surface area (Å²) in [4.78, 5) is 23.3. The van der Waals surface area contributed by atoms with Crippen LogP contribution < -0.4 is 4.90 Å². The highest BCUT2D eigenvalue weighted by molar-refractivity contribution is 6.19. The quantitative estimate of drug-likeness (QED) is 0.769. The predicted octanol–water partition coefficient (Wildman–Crippen LogP) is 1.31. The first kappa shape index (κ1) is 12.8. The highest BCUT2D eigenvalue weighted by Gasteiger charge is 2.12. The highest BCUT2D eigenvalue weighted by atomic mass is 16.4. The van der Waals surface area contributed by atoms with E-state index in [1.165, 1.54) is 0 Å². The molecule has 0 fully saturated rings. The second-order valence-electron chi connectivity index (χ2n) is 3.64. The summed E-state index contributed by atoms with van der Waals surface area (Å²) in [6.07, 6.45) is 0.688. The number of aliphatic carboxylic acids is 2. The fourth-order valence-electron chi connectivity index (χ4n) is 1.33. The standard InChI is InChI=1S/C12H13NO4/c1-13(2)9-5-3-8(4-6-9)10(12(16)17)7-11(14)15/h3-7H,1-2H3,(H,14,15)(H,16,17)/b10-7-. The predicted molar refractivity (Wildman–Crippen MR) is 64.0 cm³/mol. The molecule has 0 unspecified atom stereocenters. The molecule has 2 N–H and O–H groups in total. The average molecular weight is 235 g/mol. The van der Waals surface area contributed by atoms with Crippen LogP contribution in [-0.2, 0) is 9.59 Å². The maximum absolute atomic E-state index is 10.9. The summed E-state index contributed by atoms with van der Waals surface area (Å²) in [5, 5.41) is 17.5. The lowest BCUT2D eigenvalue weighted by atomic mass is 10.1. The summed E-state index contributed by atoms with van der Waals surface area (Å²) in [5.41, 5.74) is 1.04. The molecular weight excluding hydrogens is 222 g/mol. The Bertz CT molecular complexity index is 460. The van der Waals surface area contributed by atoms with Crippen LogP contribution in [0.15, 0.2) is 30.3 Å². The molecule has 0 amide bonds. The van der Waals surface area contributed by atoms with Gasteiger partial charge in [0.15, 0.2) is 0 Å². The number of hydrogen-bond donors (Lipinski definition) is 2. The Labute approximate surface area is 98.6 Å². The van der Waals surface area contributed by atoms with Gasteiger partial charge in [-0.25, -0.2) is 9.59 Å². The molecule has 0 aliphatic heterocycles. The van der Waals surface area contributed by atoms with Crippen molar-refractivity contribution >= 4 is 23.2 Å². The fraction of sp³-hybridized carbons (Fsp3) is 0.167. The van der Waals surface area contributed by atoms with Crippen molar-refractivity contribution < 1.29 is 19.8 Å². The van der Waals surface area contributed by atoms with Gasteiger partial charge >= 0.3 is 11.9 Å². The molecule has 0 aliphatic rings. The number of carboxylic acids is 2. The van der Waals surface area contributed by atoms with Gasteiger partial charge in [-0.05, 0) is 17.7 Å². The van der Waals surface area contributed by atoms with Gasteiger partial charge in [-0.1, -0.05) is 12.1 Å². The zero-order valence-electron chi connectivity index (χ0n) is 9.54. The first-order valence-corrected chi connectivity index (χ1v) is 4.87. The number of anilines is 1. The van der Waals surface area contributed by atoms with Crippen molar-refractivity contribution in [2.45, 2.75) is 0 Å². The van der Waals surface area contributed by atoms with E-state index >= 15 is 0 Å². The van der Waals surface area contributed by atoms with E-state index in [0.717, 1.165) is 5.69 Å². The Kier molecular flexibility index (Phi) is 3.87. The van der Waals surface area contributed by atoms with Crippen LogP contribution in [-0.4, -0.2) is 36.2 Å². The van der Waals surface area contributed by atoms with Gasteiger partial charge in [-0.2, -0.15) is 0 Å². The van der Waals surface area contributed by atoms with Gasteiger partial charge in [0.05, 0.1) is 5.57 Å². The van der Waals surface area contributed by atoms with Gasteiger partial charge in [0.2, 0.25) is 0 Å². The molecule has 0 heterocycles. The third-order valence-corrected chi connectivity index (χ3v) is 2.19. The minimum absolute atomic E-state index is 0.234. The fourth-order valence-corrected chi connectivity index (χ4v) is 1.33. The Morgan fingerprint density at radius 1 is 1.12 bits per heavy atom. The van der Waals surface area contributed by atoms with Gasteiger partial charge in [0.1, 0.15) is 0 Å². The van der Waals surface area contributed by atoms with Crippen molar-refractivity contribution in [3.05, 3.63) is 35.9 Å². The van der Waals surface area contributed by atoms with E-state index in [0.29, 0.717) is 11.6 Å². The van der Waals surface area contributed by atoms with Crippen molar-refractivity contribution in [3.63, 3.8) is 0 Å². The van der Waals surface area contributed by atoms with Crippen LogP contribution in [0.4, 0.5) is 5.69 Å². The van der Waals surface area contributed by atoms with Crippen LogP contribution in [0.25, 0.3) is 5.57 Å². The number of carbonyl (C=O) groups is 2. The van der Waals surface area contributed by atoms with Gasteiger partial charge in [0, 0.05) is 25.9 Å². The third-order valence-electron chi connectivity index (χ3n) is 2.19. The van der Waals surface area contributed by atoms with E-state index in [4.69, 9.17) is 10.2 Å². The molecule has 1 aromatic rings. The molecule has 0 spiro atoms. The third kappa shape index (κ3) is 3.34. The van der Waals surface area contributed by atoms with Crippen LogP contribution in [0.3, 0.4) is 0 Å². The van der Waals surface area contributed by atoms with Crippen molar-refractivity contribution in [1.29, 1.82) is 0 Å². The monoisotopic (exact) mass is 235 g/mol. The van der Waals surface area contributed by atoms with Crippen molar-refractivity contribution in [2.24, 2.45) is 0 Å². The average Bonchev–Trinajstić information content (AvgIpc) is 2.25. The Morgan fingerprint density at radius 3 is 2.00 bits per heavy atom. The Hall–Kier alpha value is -2.30. The van der Waals surface area contributed by atoms with Crippen LogP contribution in [0.1, 0.15) is 5.56 Å². The molecule has 0 saturated carbocycles. The summed E-state index contributed by atoms with van der Waals surface area (Å²) < 4.78 is 0. The van der Waals surface area contributed by atoms with E-state index in [1.54, 1.807) is 24.3 Å². The number of rotatable bonds is 4. The normalized spacial score (nSPS) is 11.1. The lowest BCUT2D eigenvalue weighted by Crippen LogP contribution is -2.08. The number of benzene rings is 1. The Morgan fingerprint density at radius 2 is 1.65 bits per heavy atom. The molecule has 0 radical (unpaired) electrons. The molecule has 1 rings (SSSR count). The van der Waals surface area contributed by atoms with Gasteiger partial charge in [-0.15, -0.1) is 0 Å². The molecule has 0 aromatic heterocycles. The lowest BCUT2D eigenvalue weighted by molar-refractivity contribution is -0.133. The molecular formula is C12H13NO4. The van der Waals surface area contributed by atoms with Crippen LogP contribution in [0.5, 0.6) is 0 Å². The highest BCUT2D eigenvalue weighted by Crippen LogP contribution is 2.19. The molecule has 90 valence electrons. The lowest BCUT2D eigenvalue weighted by Gasteiger charge is -2.12. The van der Waals surface area contributed by atoms with Crippen molar-refractivity contribution in [2.75, 3.05) is 19.0 Å². The van der Waals surface area contributed by atoms with Crippen molar-refractivity contribution in [3.8, 4) is 0 Å². The van der Waals surface area contributed by atoms with E-state index in [1.807, 2.05) is 19.0 Å². The second-order valence-corrected chi connectivity index (χ2v) is 3.64. The molecule has 0 bridgehead atoms. The molecule has 17 heavy (non-hydrogen) atoms. The summed E-state index contributed by atoms with van der Waals surface area (Å²) in [5.74, 6) is -2.54. The second kappa shape index (κ2) is 5.16. The van der Waals surface area contributed by atoms with Crippen molar-refractivity contribution in [1.82, 2.24) is 0 Å². The first-order valence-electron chi connectivity index (χ1n) is 4.87. The van der Waals surface area contributed by atoms with Gasteiger partial charge < -0.3 is 15.1 Å². The minimum Gasteiger partial charge on any atom is -0.478 e. The van der Waals surface area contributed by atoms with Crippen LogP contribution in [0.2, 0.25) is 0 Å². The zero-order chi connectivity index (χ0) is 13.0. The smallest absolute Gasteiger partial charge is 0.336 e. The van der Waals surface area contributed by atoms with Gasteiger partial charge in [-0.3, -0.25) is 0 Å². The van der Waals surface area contributed by atoms with E-state index in [9.17, 15) is 9.59 Å². The van der Waals surface area contributed by atoms with Crippen LogP contribution in [0, 0.1) is 0 Å². The molecule has 1 aromatic carbocycles. The summed E-state index contributed by atoms with van der Waals surface area (Å²) in [6, 6.07) is 6.62. The Balaban J connectivity index is 3.13. The molecule has 5 nitrogen and oxygen atoms in total. The first-order chi connectivity index (χ1) is 7.91. The van der Waals surface area contributed by atoms with Gasteiger partial charge in [0.25, 0.3) is 0 Å². The molecule has 5 heteroatoms. The molecule has 0 saturated heterocycles. The summed E-state index contributed by atoms with van der Waals surface area (Å²) in [7, 11) is 3.72. The number of hydrogen-bond acceptors (Lipinski definition) is 3. The minimum atomic E-state index is -1.28. The maximum Gasteiger partial charge on any atom is 0.336 e. The topological polar surface area (TPSA) is 77.8 Å². The van der Waals surface area contributed by atoms with E-state index < -0.39 is 11.9 Å². The van der Waals surface area contributed by atoms with E-state index in [2.05, 4.69) is 0 Å². The number of nitrogens with zero attached hydrogens (tertiary/aromatic N) is 1. The number of carboxylic acid groups (broad SMARTS) is 2. The SMILES string of the molecule is CN(C)c1ccc(/C(=C/C(=O)O)C(=O)O)cc1.